The molecule has 0 amide bonds. The lowest BCUT2D eigenvalue weighted by atomic mass is 9.94. The molecule has 1 aliphatic carbocycles. The summed E-state index contributed by atoms with van der Waals surface area (Å²) in [6, 6.07) is 0. The molecule has 0 aromatic rings. The molecule has 0 saturated carbocycles. The minimum absolute atomic E-state index is 0.373. The summed E-state index contributed by atoms with van der Waals surface area (Å²) < 4.78 is 0. The van der Waals surface area contributed by atoms with Crippen LogP contribution < -0.4 is 5.73 Å². The van der Waals surface area contributed by atoms with Crippen LogP contribution in [0, 0.1) is 5.92 Å². The van der Waals surface area contributed by atoms with Gasteiger partial charge in [-0.1, -0.05) is 43.0 Å². The molecule has 0 heterocycles. The molecule has 11 heavy (non-hydrogen) atoms. The Kier molecular flexibility index (Phi) is 2.87. The molecule has 0 aromatic carbocycles. The van der Waals surface area contributed by atoms with Crippen LogP contribution >= 0.6 is 0 Å². The molecule has 0 aromatic heterocycles. The van der Waals surface area contributed by atoms with Gasteiger partial charge in [-0.05, 0) is 5.57 Å². The number of hydrogen-bond acceptors (Lipinski definition) is 1. The van der Waals surface area contributed by atoms with Gasteiger partial charge >= 0.3 is 0 Å². The highest BCUT2D eigenvalue weighted by atomic mass is 14.5. The molecule has 2 N–H and O–H groups in total. The fraction of sp³-hybridized carbons (Fsp3) is 0.200. The lowest BCUT2D eigenvalue weighted by molar-refractivity contribution is 0.782. The number of hydrogen-bond donors (Lipinski definition) is 1. The lowest BCUT2D eigenvalue weighted by Crippen LogP contribution is -2.14. The zero-order valence-electron chi connectivity index (χ0n) is 6.53. The van der Waals surface area contributed by atoms with Crippen LogP contribution in [0.5, 0.6) is 0 Å². The van der Waals surface area contributed by atoms with Gasteiger partial charge in [-0.25, -0.2) is 0 Å². The first-order chi connectivity index (χ1) is 5.38. The Morgan fingerprint density at radius 2 is 2.36 bits per heavy atom. The molecule has 0 radical (unpaired) electrons. The SMILES string of the molecule is C=C/C=C1/C=CC=CC1CN. The van der Waals surface area contributed by atoms with Crippen molar-refractivity contribution in [2.75, 3.05) is 6.54 Å². The van der Waals surface area contributed by atoms with E-state index >= 15 is 0 Å². The second-order valence-electron chi connectivity index (χ2n) is 2.49. The smallest absolute Gasteiger partial charge is 0.0144 e. The highest BCUT2D eigenvalue weighted by Gasteiger charge is 2.06. The topological polar surface area (TPSA) is 26.0 Å². The molecule has 1 rings (SSSR count). The van der Waals surface area contributed by atoms with Gasteiger partial charge in [0.1, 0.15) is 0 Å². The van der Waals surface area contributed by atoms with E-state index in [4.69, 9.17) is 5.73 Å². The van der Waals surface area contributed by atoms with Crippen LogP contribution in [-0.2, 0) is 0 Å². The van der Waals surface area contributed by atoms with Gasteiger partial charge in [0.05, 0.1) is 0 Å². The standard InChI is InChI=1S/C10H13N/c1-2-5-9-6-3-4-7-10(9)8-11/h2-7,10H,1,8,11H2/b9-5-. The van der Waals surface area contributed by atoms with Crippen molar-refractivity contribution in [3.05, 3.63) is 48.6 Å². The van der Waals surface area contributed by atoms with Crippen LogP contribution in [0.4, 0.5) is 0 Å². The summed E-state index contributed by atoms with van der Waals surface area (Å²) in [4.78, 5) is 0. The Balaban J connectivity index is 2.78. The predicted molar refractivity (Wildman–Crippen MR) is 49.1 cm³/mol. The molecule has 0 bridgehead atoms. The van der Waals surface area contributed by atoms with E-state index in [0.29, 0.717) is 12.5 Å². The number of nitrogens with two attached hydrogens (primary N) is 1. The second kappa shape index (κ2) is 3.94. The Bertz CT molecular complexity index is 221. The van der Waals surface area contributed by atoms with Gasteiger partial charge in [0.15, 0.2) is 0 Å². The van der Waals surface area contributed by atoms with Crippen LogP contribution in [0.3, 0.4) is 0 Å². The monoisotopic (exact) mass is 147 g/mol. The Morgan fingerprint density at radius 1 is 1.55 bits per heavy atom. The van der Waals surface area contributed by atoms with Crippen molar-refractivity contribution in [2.45, 2.75) is 0 Å². The van der Waals surface area contributed by atoms with Gasteiger partial charge in [0.25, 0.3) is 0 Å². The summed E-state index contributed by atoms with van der Waals surface area (Å²) in [6.45, 7) is 4.32. The highest BCUT2D eigenvalue weighted by molar-refractivity contribution is 5.35. The van der Waals surface area contributed by atoms with Crippen molar-refractivity contribution < 1.29 is 0 Å². The summed E-state index contributed by atoms with van der Waals surface area (Å²) in [7, 11) is 0. The molecule has 1 atom stereocenters. The summed E-state index contributed by atoms with van der Waals surface area (Å²) in [5, 5.41) is 0. The molecule has 1 unspecified atom stereocenters. The third-order valence-corrected chi connectivity index (χ3v) is 1.74. The second-order valence-corrected chi connectivity index (χ2v) is 2.49. The van der Waals surface area contributed by atoms with Gasteiger partial charge in [-0.3, -0.25) is 0 Å². The molecule has 1 nitrogen and oxygen atoms in total. The number of rotatable bonds is 2. The van der Waals surface area contributed by atoms with Crippen LogP contribution in [0.1, 0.15) is 0 Å². The third kappa shape index (κ3) is 1.92. The minimum atomic E-state index is 0.373. The normalized spacial score (nSPS) is 25.9. The van der Waals surface area contributed by atoms with Crippen molar-refractivity contribution in [3.8, 4) is 0 Å². The summed E-state index contributed by atoms with van der Waals surface area (Å²) in [5.74, 6) is 0.373. The molecular weight excluding hydrogens is 134 g/mol. The zero-order chi connectivity index (χ0) is 8.10. The van der Waals surface area contributed by atoms with Gasteiger partial charge in [-0.2, -0.15) is 0 Å². The lowest BCUT2D eigenvalue weighted by Gasteiger charge is -2.13. The average molecular weight is 147 g/mol. The first-order valence-corrected chi connectivity index (χ1v) is 3.76. The van der Waals surface area contributed by atoms with Crippen molar-refractivity contribution in [2.24, 2.45) is 11.7 Å². The highest BCUT2D eigenvalue weighted by Crippen LogP contribution is 2.16. The average Bonchev–Trinajstić information content (AvgIpc) is 2.06. The summed E-state index contributed by atoms with van der Waals surface area (Å²) in [5.41, 5.74) is 6.80. The predicted octanol–water partition coefficient (Wildman–Crippen LogP) is 1.80. The Labute approximate surface area is 67.6 Å². The molecule has 0 fully saturated rings. The molecular formula is C10H13N. The maximum Gasteiger partial charge on any atom is 0.0144 e. The minimum Gasteiger partial charge on any atom is -0.330 e. The van der Waals surface area contributed by atoms with Gasteiger partial charge < -0.3 is 5.73 Å². The van der Waals surface area contributed by atoms with Gasteiger partial charge in [0, 0.05) is 12.5 Å². The maximum absolute atomic E-state index is 5.56. The molecule has 0 aliphatic heterocycles. The molecule has 0 saturated heterocycles. The van der Waals surface area contributed by atoms with Gasteiger partial charge in [0.2, 0.25) is 0 Å². The van der Waals surface area contributed by atoms with Crippen LogP contribution in [0.2, 0.25) is 0 Å². The van der Waals surface area contributed by atoms with Crippen molar-refractivity contribution in [3.63, 3.8) is 0 Å². The van der Waals surface area contributed by atoms with E-state index in [2.05, 4.69) is 18.7 Å². The van der Waals surface area contributed by atoms with Crippen molar-refractivity contribution in [1.82, 2.24) is 0 Å². The van der Waals surface area contributed by atoms with E-state index in [1.807, 2.05) is 18.2 Å². The van der Waals surface area contributed by atoms with Gasteiger partial charge in [-0.15, -0.1) is 0 Å². The van der Waals surface area contributed by atoms with E-state index in [1.165, 1.54) is 5.57 Å². The molecule has 58 valence electrons. The maximum atomic E-state index is 5.56. The van der Waals surface area contributed by atoms with Crippen molar-refractivity contribution in [1.29, 1.82) is 0 Å². The Hall–Kier alpha value is -1.08. The fourth-order valence-electron chi connectivity index (χ4n) is 1.13. The van der Waals surface area contributed by atoms with E-state index in [-0.39, 0.29) is 0 Å². The zero-order valence-corrected chi connectivity index (χ0v) is 6.53. The summed E-state index contributed by atoms with van der Waals surface area (Å²) >= 11 is 0. The van der Waals surface area contributed by atoms with Crippen LogP contribution in [0.15, 0.2) is 48.6 Å². The fourth-order valence-corrected chi connectivity index (χ4v) is 1.13. The van der Waals surface area contributed by atoms with Crippen molar-refractivity contribution >= 4 is 0 Å². The third-order valence-electron chi connectivity index (χ3n) is 1.74. The van der Waals surface area contributed by atoms with E-state index in [0.717, 1.165) is 0 Å². The molecule has 1 aliphatic rings. The largest absolute Gasteiger partial charge is 0.330 e. The van der Waals surface area contributed by atoms with E-state index < -0.39 is 0 Å². The summed E-state index contributed by atoms with van der Waals surface area (Å²) in [6.07, 6.45) is 12.0. The first-order valence-electron chi connectivity index (χ1n) is 3.76. The van der Waals surface area contributed by atoms with Crippen LogP contribution in [0.25, 0.3) is 0 Å². The molecule has 1 heteroatoms. The first kappa shape index (κ1) is 8.02. The van der Waals surface area contributed by atoms with Crippen LogP contribution in [-0.4, -0.2) is 6.54 Å². The Morgan fingerprint density at radius 3 is 3.00 bits per heavy atom. The molecule has 0 spiro atoms. The van der Waals surface area contributed by atoms with E-state index in [9.17, 15) is 0 Å². The number of allylic oxidation sites excluding steroid dienone is 5. The quantitative estimate of drug-likeness (QED) is 0.633. The van der Waals surface area contributed by atoms with E-state index in [1.54, 1.807) is 6.08 Å².